The minimum Gasteiger partial charge on any atom is -0.422 e. The van der Waals surface area contributed by atoms with Crippen molar-refractivity contribution >= 4 is 22.7 Å². The van der Waals surface area contributed by atoms with Crippen LogP contribution in [0.1, 0.15) is 41.9 Å². The number of rotatable bonds is 4. The molecule has 4 rings (SSSR count). The van der Waals surface area contributed by atoms with Crippen LogP contribution in [0, 0.1) is 6.92 Å². The Morgan fingerprint density at radius 1 is 1.00 bits per heavy atom. The van der Waals surface area contributed by atoms with Crippen LogP contribution in [0.3, 0.4) is 0 Å². The first-order valence-electron chi connectivity index (χ1n) is 8.91. The lowest BCUT2D eigenvalue weighted by molar-refractivity contribution is -0.130. The van der Waals surface area contributed by atoms with Crippen LogP contribution in [-0.4, -0.2) is 11.9 Å². The summed E-state index contributed by atoms with van der Waals surface area (Å²) in [5.41, 5.74) is 4.15. The fraction of sp³-hybridized carbons (Fsp3) is 0.217. The summed E-state index contributed by atoms with van der Waals surface area (Å²) in [5.74, 6) is 0.387. The van der Waals surface area contributed by atoms with E-state index in [0.717, 1.165) is 46.0 Å². The SMILES string of the molecule is C=CC(=O)Oc1c2c(c(OC(=O)C=C)c3ccc(C)cc13)C1CC2C=C1C. The molecule has 27 heavy (non-hydrogen) atoms. The van der Waals surface area contributed by atoms with Gasteiger partial charge in [-0.05, 0) is 26.3 Å². The van der Waals surface area contributed by atoms with Gasteiger partial charge in [-0.15, -0.1) is 0 Å². The van der Waals surface area contributed by atoms with Gasteiger partial charge in [0.05, 0.1) is 0 Å². The number of benzene rings is 2. The monoisotopic (exact) mass is 360 g/mol. The maximum absolute atomic E-state index is 12.0. The lowest BCUT2D eigenvalue weighted by atomic mass is 9.87. The van der Waals surface area contributed by atoms with Crippen LogP contribution >= 0.6 is 0 Å². The molecule has 2 unspecified atom stereocenters. The number of carbonyl (C=O) groups excluding carboxylic acids is 2. The van der Waals surface area contributed by atoms with Crippen LogP contribution in [-0.2, 0) is 9.59 Å². The molecule has 0 saturated heterocycles. The Labute approximate surface area is 157 Å². The molecular formula is C23H20O4. The summed E-state index contributed by atoms with van der Waals surface area (Å²) >= 11 is 0. The second-order valence-corrected chi connectivity index (χ2v) is 7.09. The molecule has 2 aliphatic rings. The summed E-state index contributed by atoms with van der Waals surface area (Å²) < 4.78 is 11.4. The third-order valence-electron chi connectivity index (χ3n) is 5.40. The Morgan fingerprint density at radius 2 is 1.63 bits per heavy atom. The fourth-order valence-corrected chi connectivity index (χ4v) is 4.29. The van der Waals surface area contributed by atoms with Gasteiger partial charge in [0.1, 0.15) is 11.5 Å². The largest absolute Gasteiger partial charge is 0.422 e. The second-order valence-electron chi connectivity index (χ2n) is 7.09. The van der Waals surface area contributed by atoms with E-state index < -0.39 is 11.9 Å². The normalized spacial score (nSPS) is 19.4. The highest BCUT2D eigenvalue weighted by Gasteiger charge is 2.42. The van der Waals surface area contributed by atoms with E-state index in [0.29, 0.717) is 11.5 Å². The topological polar surface area (TPSA) is 52.6 Å². The van der Waals surface area contributed by atoms with Gasteiger partial charge >= 0.3 is 11.9 Å². The molecule has 0 amide bonds. The highest BCUT2D eigenvalue weighted by Crippen LogP contribution is 2.60. The molecular weight excluding hydrogens is 340 g/mol. The Morgan fingerprint density at radius 3 is 2.26 bits per heavy atom. The van der Waals surface area contributed by atoms with Crippen molar-refractivity contribution in [2.75, 3.05) is 0 Å². The number of fused-ring (bicyclic) bond motifs is 6. The molecule has 2 bridgehead atoms. The molecule has 0 saturated carbocycles. The maximum atomic E-state index is 12.0. The lowest BCUT2D eigenvalue weighted by Crippen LogP contribution is -2.12. The van der Waals surface area contributed by atoms with Crippen molar-refractivity contribution in [3.8, 4) is 11.5 Å². The molecule has 2 atom stereocenters. The smallest absolute Gasteiger partial charge is 0.335 e. The van der Waals surface area contributed by atoms with Crippen LogP contribution in [0.25, 0.3) is 10.8 Å². The predicted octanol–water partition coefficient (Wildman–Crippen LogP) is 4.86. The average Bonchev–Trinajstić information content (AvgIpc) is 3.21. The van der Waals surface area contributed by atoms with E-state index in [-0.39, 0.29) is 11.8 Å². The molecule has 0 radical (unpaired) electrons. The summed E-state index contributed by atoms with van der Waals surface area (Å²) in [5, 5.41) is 1.51. The molecule has 0 N–H and O–H groups in total. The molecule has 4 heteroatoms. The maximum Gasteiger partial charge on any atom is 0.335 e. The number of hydrogen-bond donors (Lipinski definition) is 0. The fourth-order valence-electron chi connectivity index (χ4n) is 4.29. The van der Waals surface area contributed by atoms with Crippen LogP contribution in [0.5, 0.6) is 11.5 Å². The van der Waals surface area contributed by atoms with Gasteiger partial charge in [-0.3, -0.25) is 0 Å². The van der Waals surface area contributed by atoms with Crippen molar-refractivity contribution in [3.05, 3.63) is 71.8 Å². The van der Waals surface area contributed by atoms with E-state index >= 15 is 0 Å². The van der Waals surface area contributed by atoms with Gasteiger partial charge in [0.15, 0.2) is 0 Å². The van der Waals surface area contributed by atoms with Gasteiger partial charge in [0.25, 0.3) is 0 Å². The predicted molar refractivity (Wildman–Crippen MR) is 104 cm³/mol. The standard InChI is InChI=1S/C23H20O4/c1-5-18(24)26-22-15-8-7-12(3)9-17(15)23(27-19(25)6-2)20-14-10-13(4)16(11-14)21(20)22/h5-10,14,16H,1-2,11H2,3-4H3. The Kier molecular flexibility index (Phi) is 3.99. The Balaban J connectivity index is 2.08. The molecule has 0 spiro atoms. The first kappa shape index (κ1) is 17.3. The molecule has 0 fully saturated rings. The Hall–Kier alpha value is -3.14. The van der Waals surface area contributed by atoms with Gasteiger partial charge in [0.2, 0.25) is 0 Å². The van der Waals surface area contributed by atoms with E-state index in [9.17, 15) is 9.59 Å². The molecule has 0 aliphatic heterocycles. The molecule has 2 aliphatic carbocycles. The highest BCUT2D eigenvalue weighted by atomic mass is 16.5. The molecule has 4 nitrogen and oxygen atoms in total. The lowest BCUT2D eigenvalue weighted by Gasteiger charge is -2.23. The quantitative estimate of drug-likeness (QED) is 0.338. The van der Waals surface area contributed by atoms with Gasteiger partial charge in [-0.25, -0.2) is 9.59 Å². The van der Waals surface area contributed by atoms with E-state index in [4.69, 9.17) is 9.47 Å². The molecule has 2 aromatic carbocycles. The number of hydrogen-bond acceptors (Lipinski definition) is 4. The number of ether oxygens (including phenoxy) is 2. The van der Waals surface area contributed by atoms with Crippen LogP contribution < -0.4 is 9.47 Å². The summed E-state index contributed by atoms with van der Waals surface area (Å²) in [4.78, 5) is 24.1. The van der Waals surface area contributed by atoms with E-state index in [1.165, 1.54) is 5.57 Å². The summed E-state index contributed by atoms with van der Waals surface area (Å²) in [7, 11) is 0. The Bertz CT molecular complexity index is 1060. The van der Waals surface area contributed by atoms with Crippen LogP contribution in [0.15, 0.2) is 55.2 Å². The van der Waals surface area contributed by atoms with Gasteiger partial charge < -0.3 is 9.47 Å². The highest BCUT2D eigenvalue weighted by molar-refractivity contribution is 6.01. The van der Waals surface area contributed by atoms with E-state index in [2.05, 4.69) is 26.2 Å². The van der Waals surface area contributed by atoms with Gasteiger partial charge in [-0.1, -0.05) is 42.5 Å². The van der Waals surface area contributed by atoms with Crippen molar-refractivity contribution in [2.45, 2.75) is 32.1 Å². The summed E-state index contributed by atoms with van der Waals surface area (Å²) in [6, 6.07) is 5.82. The number of allylic oxidation sites excluding steroid dienone is 2. The van der Waals surface area contributed by atoms with Crippen LogP contribution in [0.4, 0.5) is 0 Å². The van der Waals surface area contributed by atoms with E-state index in [1.54, 1.807) is 0 Å². The third kappa shape index (κ3) is 2.60. The zero-order chi connectivity index (χ0) is 19.3. The zero-order valence-electron chi connectivity index (χ0n) is 15.4. The minimum atomic E-state index is -0.501. The molecule has 2 aromatic rings. The number of carbonyl (C=O) groups is 2. The third-order valence-corrected chi connectivity index (χ3v) is 5.40. The average molecular weight is 360 g/mol. The van der Waals surface area contributed by atoms with Gasteiger partial charge in [-0.2, -0.15) is 0 Å². The first-order chi connectivity index (χ1) is 12.9. The molecule has 0 aromatic heterocycles. The zero-order valence-corrected chi connectivity index (χ0v) is 15.4. The number of aryl methyl sites for hydroxylation is 1. The van der Waals surface area contributed by atoms with Crippen molar-refractivity contribution in [2.24, 2.45) is 0 Å². The second kappa shape index (κ2) is 6.23. The first-order valence-corrected chi connectivity index (χ1v) is 8.91. The van der Waals surface area contributed by atoms with Crippen LogP contribution in [0.2, 0.25) is 0 Å². The van der Waals surface area contributed by atoms with Crippen molar-refractivity contribution < 1.29 is 19.1 Å². The minimum absolute atomic E-state index is 0.142. The summed E-state index contributed by atoms with van der Waals surface area (Å²) in [6.07, 6.45) is 5.43. The van der Waals surface area contributed by atoms with E-state index in [1.807, 2.05) is 25.1 Å². The number of esters is 2. The van der Waals surface area contributed by atoms with Crippen molar-refractivity contribution in [1.82, 2.24) is 0 Å². The summed E-state index contributed by atoms with van der Waals surface area (Å²) in [6.45, 7) is 11.1. The van der Waals surface area contributed by atoms with Gasteiger partial charge in [0, 0.05) is 45.9 Å². The molecule has 136 valence electrons. The molecule has 0 heterocycles. The van der Waals surface area contributed by atoms with Crippen molar-refractivity contribution in [1.29, 1.82) is 0 Å². The van der Waals surface area contributed by atoms with Crippen molar-refractivity contribution in [3.63, 3.8) is 0 Å².